The SMILES string of the molecule is C=CC(=O)OC(COC(=O)c1ccc2sc3ccccc3c(=O)c2c1)c1ccccc1. The lowest BCUT2D eigenvalue weighted by Gasteiger charge is -2.17. The molecular formula is C25H18O5S. The van der Waals surface area contributed by atoms with Crippen molar-refractivity contribution in [3.8, 4) is 0 Å². The Morgan fingerprint density at radius 2 is 1.65 bits per heavy atom. The monoisotopic (exact) mass is 430 g/mol. The number of carbonyl (C=O) groups excluding carboxylic acids is 2. The number of rotatable bonds is 6. The Balaban J connectivity index is 1.59. The zero-order valence-corrected chi connectivity index (χ0v) is 17.3. The minimum absolute atomic E-state index is 0.124. The quantitative estimate of drug-likeness (QED) is 0.243. The van der Waals surface area contributed by atoms with E-state index in [0.29, 0.717) is 16.3 Å². The van der Waals surface area contributed by atoms with Crippen LogP contribution in [0.2, 0.25) is 0 Å². The molecule has 0 aliphatic carbocycles. The van der Waals surface area contributed by atoms with Crippen LogP contribution in [-0.2, 0) is 14.3 Å². The predicted molar refractivity (Wildman–Crippen MR) is 121 cm³/mol. The van der Waals surface area contributed by atoms with Crippen molar-refractivity contribution >= 4 is 43.4 Å². The van der Waals surface area contributed by atoms with Crippen molar-refractivity contribution in [1.29, 1.82) is 0 Å². The largest absolute Gasteiger partial charge is 0.458 e. The lowest BCUT2D eigenvalue weighted by Crippen LogP contribution is -2.18. The number of esters is 2. The third-order valence-electron chi connectivity index (χ3n) is 4.77. The standard InChI is InChI=1S/C25H18O5S/c1-2-23(26)30-20(16-8-4-3-5-9-16)15-29-25(28)17-12-13-22-19(14-17)24(27)18-10-6-7-11-21(18)31-22/h2-14,20H,1,15H2. The maximum absolute atomic E-state index is 12.9. The molecule has 0 amide bonds. The van der Waals surface area contributed by atoms with E-state index >= 15 is 0 Å². The summed E-state index contributed by atoms with van der Waals surface area (Å²) in [5.41, 5.74) is 0.828. The molecule has 5 nitrogen and oxygen atoms in total. The van der Waals surface area contributed by atoms with Gasteiger partial charge < -0.3 is 9.47 Å². The van der Waals surface area contributed by atoms with Crippen molar-refractivity contribution in [3.05, 3.63) is 107 Å². The summed E-state index contributed by atoms with van der Waals surface area (Å²) in [5.74, 6) is -1.21. The molecule has 3 aromatic carbocycles. The number of benzene rings is 3. The van der Waals surface area contributed by atoms with Crippen molar-refractivity contribution in [2.45, 2.75) is 6.10 Å². The number of carbonyl (C=O) groups is 2. The minimum atomic E-state index is -0.766. The van der Waals surface area contributed by atoms with Crippen molar-refractivity contribution in [2.24, 2.45) is 0 Å². The van der Waals surface area contributed by atoms with Gasteiger partial charge in [0.25, 0.3) is 0 Å². The van der Waals surface area contributed by atoms with Gasteiger partial charge in [-0.1, -0.05) is 49.0 Å². The van der Waals surface area contributed by atoms with E-state index < -0.39 is 18.0 Å². The van der Waals surface area contributed by atoms with E-state index in [4.69, 9.17) is 9.47 Å². The highest BCUT2D eigenvalue weighted by molar-refractivity contribution is 7.24. The molecule has 0 radical (unpaired) electrons. The molecule has 0 saturated carbocycles. The van der Waals surface area contributed by atoms with E-state index in [9.17, 15) is 14.4 Å². The first-order valence-corrected chi connectivity index (χ1v) is 10.4. The number of hydrogen-bond acceptors (Lipinski definition) is 6. The van der Waals surface area contributed by atoms with Crippen LogP contribution in [0.5, 0.6) is 0 Å². The fourth-order valence-corrected chi connectivity index (χ4v) is 4.27. The van der Waals surface area contributed by atoms with E-state index in [0.717, 1.165) is 15.5 Å². The van der Waals surface area contributed by atoms with Crippen LogP contribution in [0.4, 0.5) is 0 Å². The normalized spacial score (nSPS) is 11.7. The second-order valence-corrected chi connectivity index (χ2v) is 7.86. The van der Waals surface area contributed by atoms with Gasteiger partial charge in [-0.25, -0.2) is 9.59 Å². The lowest BCUT2D eigenvalue weighted by molar-refractivity contribution is -0.145. The Hall–Kier alpha value is -3.77. The van der Waals surface area contributed by atoms with Crippen LogP contribution in [0.15, 0.2) is 90.2 Å². The van der Waals surface area contributed by atoms with E-state index in [1.807, 2.05) is 24.3 Å². The maximum atomic E-state index is 12.9. The Labute approximate surface area is 182 Å². The summed E-state index contributed by atoms with van der Waals surface area (Å²) in [7, 11) is 0. The third-order valence-corrected chi connectivity index (χ3v) is 5.93. The van der Waals surface area contributed by atoms with Crippen molar-refractivity contribution in [2.75, 3.05) is 6.61 Å². The van der Waals surface area contributed by atoms with Crippen LogP contribution in [-0.4, -0.2) is 18.5 Å². The molecule has 0 N–H and O–H groups in total. The molecule has 0 spiro atoms. The Morgan fingerprint density at radius 1 is 0.935 bits per heavy atom. The summed E-state index contributed by atoms with van der Waals surface area (Å²) < 4.78 is 12.4. The predicted octanol–water partition coefficient (Wildman–Crippen LogP) is 5.04. The highest BCUT2D eigenvalue weighted by Crippen LogP contribution is 2.26. The van der Waals surface area contributed by atoms with Gasteiger partial charge in [0, 0.05) is 26.2 Å². The number of fused-ring (bicyclic) bond motifs is 2. The molecule has 1 aromatic heterocycles. The zero-order valence-electron chi connectivity index (χ0n) is 16.4. The van der Waals surface area contributed by atoms with Gasteiger partial charge in [-0.3, -0.25) is 4.79 Å². The van der Waals surface area contributed by atoms with Gasteiger partial charge in [0.05, 0.1) is 5.56 Å². The Kier molecular flexibility index (Phi) is 5.91. The second-order valence-electron chi connectivity index (χ2n) is 6.78. The number of ether oxygens (including phenoxy) is 2. The second kappa shape index (κ2) is 8.93. The Bertz CT molecular complexity index is 1340. The molecule has 1 heterocycles. The maximum Gasteiger partial charge on any atom is 0.338 e. The van der Waals surface area contributed by atoms with Gasteiger partial charge >= 0.3 is 11.9 Å². The molecular weight excluding hydrogens is 412 g/mol. The molecule has 0 aliphatic rings. The molecule has 1 unspecified atom stereocenters. The van der Waals surface area contributed by atoms with Gasteiger partial charge in [0.15, 0.2) is 11.5 Å². The third kappa shape index (κ3) is 4.39. The molecule has 0 fully saturated rings. The first-order chi connectivity index (χ1) is 15.1. The summed E-state index contributed by atoms with van der Waals surface area (Å²) in [6.45, 7) is 3.24. The first kappa shape index (κ1) is 20.5. The summed E-state index contributed by atoms with van der Waals surface area (Å²) >= 11 is 1.49. The smallest absolute Gasteiger partial charge is 0.338 e. The summed E-state index contributed by atoms with van der Waals surface area (Å²) in [5, 5.41) is 1.09. The zero-order chi connectivity index (χ0) is 21.8. The van der Waals surface area contributed by atoms with Crippen molar-refractivity contribution < 1.29 is 19.1 Å². The topological polar surface area (TPSA) is 69.7 Å². The molecule has 154 valence electrons. The summed E-state index contributed by atoms with van der Waals surface area (Å²) in [6.07, 6.45) is 0.292. The summed E-state index contributed by atoms with van der Waals surface area (Å²) in [4.78, 5) is 37.2. The number of hydrogen-bond donors (Lipinski definition) is 0. The molecule has 0 saturated heterocycles. The van der Waals surface area contributed by atoms with Crippen molar-refractivity contribution in [1.82, 2.24) is 0 Å². The molecule has 4 aromatic rings. The van der Waals surface area contributed by atoms with Gasteiger partial charge in [-0.2, -0.15) is 0 Å². The molecule has 6 heteroatoms. The molecule has 1 atom stereocenters. The Morgan fingerprint density at radius 3 is 2.42 bits per heavy atom. The van der Waals surface area contributed by atoms with Crippen LogP contribution >= 0.6 is 11.3 Å². The van der Waals surface area contributed by atoms with E-state index in [-0.39, 0.29) is 17.6 Å². The van der Waals surface area contributed by atoms with E-state index in [2.05, 4.69) is 6.58 Å². The van der Waals surface area contributed by atoms with Crippen molar-refractivity contribution in [3.63, 3.8) is 0 Å². The van der Waals surface area contributed by atoms with E-state index in [1.54, 1.807) is 48.5 Å². The van der Waals surface area contributed by atoms with Crippen LogP contribution in [0, 0.1) is 0 Å². The molecule has 31 heavy (non-hydrogen) atoms. The van der Waals surface area contributed by atoms with Gasteiger partial charge in [0.1, 0.15) is 6.61 Å². The highest BCUT2D eigenvalue weighted by Gasteiger charge is 2.19. The van der Waals surface area contributed by atoms with Gasteiger partial charge in [-0.05, 0) is 35.9 Å². The van der Waals surface area contributed by atoms with Crippen LogP contribution < -0.4 is 5.43 Å². The van der Waals surface area contributed by atoms with Crippen LogP contribution in [0.3, 0.4) is 0 Å². The average molecular weight is 430 g/mol. The average Bonchev–Trinajstić information content (AvgIpc) is 2.82. The lowest BCUT2D eigenvalue weighted by atomic mass is 10.1. The van der Waals surface area contributed by atoms with Crippen LogP contribution in [0.1, 0.15) is 22.0 Å². The van der Waals surface area contributed by atoms with Gasteiger partial charge in [-0.15, -0.1) is 11.3 Å². The fourth-order valence-electron chi connectivity index (χ4n) is 3.22. The summed E-state index contributed by atoms with van der Waals surface area (Å²) in [6, 6.07) is 21.3. The molecule has 4 rings (SSSR count). The highest BCUT2D eigenvalue weighted by atomic mass is 32.1. The molecule has 0 bridgehead atoms. The first-order valence-electron chi connectivity index (χ1n) is 9.57. The van der Waals surface area contributed by atoms with E-state index in [1.165, 1.54) is 11.3 Å². The molecule has 0 aliphatic heterocycles. The van der Waals surface area contributed by atoms with Crippen LogP contribution in [0.25, 0.3) is 20.2 Å². The minimum Gasteiger partial charge on any atom is -0.458 e. The fraction of sp³-hybridized carbons (Fsp3) is 0.0800. The van der Waals surface area contributed by atoms with Gasteiger partial charge in [0.2, 0.25) is 0 Å².